The van der Waals surface area contributed by atoms with Gasteiger partial charge in [-0.25, -0.2) is 0 Å². The topological polar surface area (TPSA) is 48.9 Å². The van der Waals surface area contributed by atoms with Crippen LogP contribution in [-0.2, 0) is 6.61 Å². The highest BCUT2D eigenvalue weighted by Gasteiger charge is 2.02. The summed E-state index contributed by atoms with van der Waals surface area (Å²) in [6, 6.07) is 1.93. The van der Waals surface area contributed by atoms with Crippen molar-refractivity contribution in [1.29, 1.82) is 0 Å². The van der Waals surface area contributed by atoms with Gasteiger partial charge < -0.3 is 10.1 Å². The molecule has 12 heavy (non-hydrogen) atoms. The summed E-state index contributed by atoms with van der Waals surface area (Å²) in [5, 5.41) is 8.92. The van der Waals surface area contributed by atoms with Crippen molar-refractivity contribution in [3.8, 4) is 0 Å². The van der Waals surface area contributed by atoms with Crippen molar-refractivity contribution in [1.82, 2.24) is 9.97 Å². The lowest BCUT2D eigenvalue weighted by molar-refractivity contribution is 0.283. The highest BCUT2D eigenvalue weighted by atomic mass is 79.9. The molecule has 0 aliphatic carbocycles. The summed E-state index contributed by atoms with van der Waals surface area (Å²) in [6.45, 7) is 0.0225. The molecule has 0 fully saturated rings. The van der Waals surface area contributed by atoms with Gasteiger partial charge in [0.25, 0.3) is 0 Å². The van der Waals surface area contributed by atoms with Crippen LogP contribution in [0.25, 0.3) is 11.0 Å². The predicted octanol–water partition coefficient (Wildman–Crippen LogP) is 1.82. The van der Waals surface area contributed by atoms with E-state index < -0.39 is 0 Å². The lowest BCUT2D eigenvalue weighted by atomic mass is 10.3. The summed E-state index contributed by atoms with van der Waals surface area (Å²) in [4.78, 5) is 7.20. The number of halogens is 1. The fraction of sp³-hybridized carbons (Fsp3) is 0.125. The van der Waals surface area contributed by atoms with Gasteiger partial charge in [0.05, 0.1) is 17.6 Å². The molecule has 2 aromatic heterocycles. The normalized spacial score (nSPS) is 10.8. The number of rotatable bonds is 1. The van der Waals surface area contributed by atoms with E-state index in [4.69, 9.17) is 5.11 Å². The molecule has 2 rings (SSSR count). The molecule has 0 aliphatic rings. The molecule has 0 saturated heterocycles. The number of hydrogen-bond acceptors (Lipinski definition) is 2. The van der Waals surface area contributed by atoms with Crippen LogP contribution in [0.2, 0.25) is 0 Å². The third kappa shape index (κ3) is 1.13. The SMILES string of the molecule is OCc1c[nH]c2cc(Br)cnc12. The Kier molecular flexibility index (Phi) is 1.86. The van der Waals surface area contributed by atoms with Crippen LogP contribution in [0.5, 0.6) is 0 Å². The maximum atomic E-state index is 8.92. The van der Waals surface area contributed by atoms with E-state index in [0.717, 1.165) is 21.1 Å². The Bertz CT molecular complexity index is 410. The van der Waals surface area contributed by atoms with Gasteiger partial charge in [-0.2, -0.15) is 0 Å². The molecular formula is C8H7BrN2O. The van der Waals surface area contributed by atoms with E-state index in [1.54, 1.807) is 12.4 Å². The lowest BCUT2D eigenvalue weighted by Gasteiger charge is -1.92. The molecule has 0 saturated carbocycles. The van der Waals surface area contributed by atoms with Gasteiger partial charge in [-0.3, -0.25) is 4.98 Å². The summed E-state index contributed by atoms with van der Waals surface area (Å²) in [5.41, 5.74) is 2.60. The van der Waals surface area contributed by atoms with E-state index in [1.165, 1.54) is 0 Å². The molecule has 2 heterocycles. The first-order valence-electron chi connectivity index (χ1n) is 3.53. The quantitative estimate of drug-likeness (QED) is 0.780. The van der Waals surface area contributed by atoms with Gasteiger partial charge in [-0.05, 0) is 22.0 Å². The molecule has 0 aromatic carbocycles. The van der Waals surface area contributed by atoms with Crippen molar-refractivity contribution in [3.05, 3.63) is 28.5 Å². The van der Waals surface area contributed by atoms with Crippen LogP contribution < -0.4 is 0 Å². The van der Waals surface area contributed by atoms with E-state index in [0.29, 0.717) is 0 Å². The highest BCUT2D eigenvalue weighted by Crippen LogP contribution is 2.19. The first-order chi connectivity index (χ1) is 5.81. The van der Waals surface area contributed by atoms with E-state index in [1.807, 2.05) is 6.07 Å². The number of pyridine rings is 1. The van der Waals surface area contributed by atoms with Gasteiger partial charge in [0.15, 0.2) is 0 Å². The van der Waals surface area contributed by atoms with Crippen LogP contribution in [-0.4, -0.2) is 15.1 Å². The van der Waals surface area contributed by atoms with Gasteiger partial charge in [0.2, 0.25) is 0 Å². The Hall–Kier alpha value is -0.870. The van der Waals surface area contributed by atoms with Crippen LogP contribution in [0.1, 0.15) is 5.56 Å². The second-order valence-electron chi connectivity index (χ2n) is 2.52. The maximum absolute atomic E-state index is 8.92. The molecule has 62 valence electrons. The number of nitrogens with one attached hydrogen (secondary N) is 1. The largest absolute Gasteiger partial charge is 0.392 e. The van der Waals surface area contributed by atoms with Crippen LogP contribution in [0.3, 0.4) is 0 Å². The number of aromatic amines is 1. The lowest BCUT2D eigenvalue weighted by Crippen LogP contribution is -1.81. The van der Waals surface area contributed by atoms with Gasteiger partial charge in [-0.1, -0.05) is 0 Å². The van der Waals surface area contributed by atoms with E-state index >= 15 is 0 Å². The Morgan fingerprint density at radius 2 is 2.42 bits per heavy atom. The summed E-state index contributed by atoms with van der Waals surface area (Å²) in [7, 11) is 0. The average Bonchev–Trinajstić information content (AvgIpc) is 2.46. The minimum absolute atomic E-state index is 0.0225. The third-order valence-electron chi connectivity index (χ3n) is 1.73. The Morgan fingerprint density at radius 1 is 1.58 bits per heavy atom. The molecule has 3 nitrogen and oxygen atoms in total. The summed E-state index contributed by atoms with van der Waals surface area (Å²) >= 11 is 3.32. The van der Waals surface area contributed by atoms with Crippen LogP contribution in [0.4, 0.5) is 0 Å². The van der Waals surface area contributed by atoms with E-state index in [9.17, 15) is 0 Å². The van der Waals surface area contributed by atoms with Gasteiger partial charge in [-0.15, -0.1) is 0 Å². The zero-order valence-electron chi connectivity index (χ0n) is 6.21. The number of H-pyrrole nitrogens is 1. The zero-order chi connectivity index (χ0) is 8.55. The summed E-state index contributed by atoms with van der Waals surface area (Å²) in [6.07, 6.45) is 3.49. The highest BCUT2D eigenvalue weighted by molar-refractivity contribution is 9.10. The Balaban J connectivity index is 2.73. The van der Waals surface area contributed by atoms with Gasteiger partial charge in [0, 0.05) is 22.4 Å². The van der Waals surface area contributed by atoms with Gasteiger partial charge in [0.1, 0.15) is 0 Å². The number of aromatic nitrogens is 2. The molecule has 0 atom stereocenters. The minimum atomic E-state index is 0.0225. The van der Waals surface area contributed by atoms with Crippen molar-refractivity contribution in [3.63, 3.8) is 0 Å². The molecule has 0 amide bonds. The molecule has 4 heteroatoms. The second kappa shape index (κ2) is 2.88. The molecule has 0 spiro atoms. The average molecular weight is 227 g/mol. The van der Waals surface area contributed by atoms with E-state index in [-0.39, 0.29) is 6.61 Å². The summed E-state index contributed by atoms with van der Waals surface area (Å²) in [5.74, 6) is 0. The van der Waals surface area contributed by atoms with E-state index in [2.05, 4.69) is 25.9 Å². The minimum Gasteiger partial charge on any atom is -0.392 e. The molecule has 0 bridgehead atoms. The molecule has 2 aromatic rings. The number of fused-ring (bicyclic) bond motifs is 1. The maximum Gasteiger partial charge on any atom is 0.0934 e. The predicted molar refractivity (Wildman–Crippen MR) is 49.7 cm³/mol. The number of nitrogens with zero attached hydrogens (tertiary/aromatic N) is 1. The summed E-state index contributed by atoms with van der Waals surface area (Å²) < 4.78 is 0.932. The fourth-order valence-electron chi connectivity index (χ4n) is 1.16. The van der Waals surface area contributed by atoms with Crippen LogP contribution >= 0.6 is 15.9 Å². The van der Waals surface area contributed by atoms with Crippen molar-refractivity contribution in [2.45, 2.75) is 6.61 Å². The number of aliphatic hydroxyl groups is 1. The monoisotopic (exact) mass is 226 g/mol. The van der Waals surface area contributed by atoms with Crippen LogP contribution in [0, 0.1) is 0 Å². The Morgan fingerprint density at radius 3 is 3.17 bits per heavy atom. The standard InChI is InChI=1S/C8H7BrN2O/c9-6-1-7-8(11-3-6)5(4-12)2-10-7/h1-3,10,12H,4H2. The Labute approximate surface area is 77.6 Å². The molecular weight excluding hydrogens is 220 g/mol. The third-order valence-corrected chi connectivity index (χ3v) is 2.16. The molecule has 0 radical (unpaired) electrons. The van der Waals surface area contributed by atoms with Crippen molar-refractivity contribution in [2.24, 2.45) is 0 Å². The first-order valence-corrected chi connectivity index (χ1v) is 4.33. The molecule has 2 N–H and O–H groups in total. The van der Waals surface area contributed by atoms with Crippen LogP contribution in [0.15, 0.2) is 22.9 Å². The number of aliphatic hydroxyl groups excluding tert-OH is 1. The first kappa shape index (κ1) is 7.76. The van der Waals surface area contributed by atoms with Crippen molar-refractivity contribution >= 4 is 27.0 Å². The number of hydrogen-bond donors (Lipinski definition) is 2. The fourth-order valence-corrected chi connectivity index (χ4v) is 1.49. The van der Waals surface area contributed by atoms with Crippen molar-refractivity contribution in [2.75, 3.05) is 0 Å². The smallest absolute Gasteiger partial charge is 0.0934 e. The molecule has 0 unspecified atom stereocenters. The van der Waals surface area contributed by atoms with Gasteiger partial charge >= 0.3 is 0 Å². The second-order valence-corrected chi connectivity index (χ2v) is 3.44. The zero-order valence-corrected chi connectivity index (χ0v) is 7.80. The van der Waals surface area contributed by atoms with Crippen molar-refractivity contribution < 1.29 is 5.11 Å². The molecule has 0 aliphatic heterocycles.